The molecule has 2 aliphatic rings. The maximum Gasteiger partial charge on any atom is 0.227 e. The van der Waals surface area contributed by atoms with Gasteiger partial charge in [0.15, 0.2) is 0 Å². The number of rotatable bonds is 8. The van der Waals surface area contributed by atoms with Gasteiger partial charge in [-0.1, -0.05) is 24.3 Å². The summed E-state index contributed by atoms with van der Waals surface area (Å²) in [6, 6.07) is 18.7. The van der Waals surface area contributed by atoms with E-state index >= 15 is 0 Å². The molecule has 0 aliphatic carbocycles. The van der Waals surface area contributed by atoms with Crippen LogP contribution in [0.2, 0.25) is 0 Å². The van der Waals surface area contributed by atoms with Gasteiger partial charge >= 0.3 is 0 Å². The van der Waals surface area contributed by atoms with Gasteiger partial charge in [0.25, 0.3) is 0 Å². The number of ether oxygens (including phenoxy) is 1. The third-order valence-electron chi connectivity index (χ3n) is 7.10. The molecule has 6 rings (SSSR count). The second-order valence-corrected chi connectivity index (χ2v) is 9.62. The molecule has 2 aromatic heterocycles. The number of aromatic nitrogens is 3. The van der Waals surface area contributed by atoms with E-state index in [1.165, 1.54) is 31.6 Å². The summed E-state index contributed by atoms with van der Waals surface area (Å²) < 4.78 is 5.49. The molecule has 2 N–H and O–H groups in total. The van der Waals surface area contributed by atoms with E-state index in [9.17, 15) is 0 Å². The van der Waals surface area contributed by atoms with Gasteiger partial charge in [0.2, 0.25) is 5.95 Å². The Morgan fingerprint density at radius 1 is 0.865 bits per heavy atom. The van der Waals surface area contributed by atoms with Crippen molar-refractivity contribution in [3.8, 4) is 11.1 Å². The minimum Gasteiger partial charge on any atom is -0.378 e. The maximum atomic E-state index is 5.49. The summed E-state index contributed by atoms with van der Waals surface area (Å²) >= 11 is 0. The largest absolute Gasteiger partial charge is 0.378 e. The van der Waals surface area contributed by atoms with Crippen molar-refractivity contribution in [1.29, 1.82) is 0 Å². The van der Waals surface area contributed by atoms with E-state index in [1.807, 2.05) is 30.6 Å². The number of fused-ring (bicyclic) bond motifs is 1. The van der Waals surface area contributed by atoms with Gasteiger partial charge in [-0.25, -0.2) is 15.0 Å². The zero-order valence-electron chi connectivity index (χ0n) is 21.1. The molecule has 0 amide bonds. The summed E-state index contributed by atoms with van der Waals surface area (Å²) in [5.41, 5.74) is 5.12. The van der Waals surface area contributed by atoms with Crippen molar-refractivity contribution in [2.45, 2.75) is 12.8 Å². The Morgan fingerprint density at radius 2 is 1.73 bits per heavy atom. The highest BCUT2D eigenvalue weighted by Gasteiger charge is 2.13. The van der Waals surface area contributed by atoms with E-state index in [0.717, 1.165) is 72.9 Å². The monoisotopic (exact) mass is 495 g/mol. The van der Waals surface area contributed by atoms with Gasteiger partial charge in [-0.15, -0.1) is 0 Å². The van der Waals surface area contributed by atoms with Crippen LogP contribution < -0.4 is 15.5 Å². The van der Waals surface area contributed by atoms with Crippen molar-refractivity contribution in [2.24, 2.45) is 0 Å². The third-order valence-corrected chi connectivity index (χ3v) is 7.10. The summed E-state index contributed by atoms with van der Waals surface area (Å²) in [6.07, 6.45) is 6.44. The van der Waals surface area contributed by atoms with E-state index in [0.29, 0.717) is 5.95 Å². The molecular formula is C29H33N7O. The molecule has 4 heterocycles. The average Bonchev–Trinajstić information content (AvgIpc) is 3.47. The van der Waals surface area contributed by atoms with E-state index in [-0.39, 0.29) is 0 Å². The Hall–Kier alpha value is -3.75. The molecule has 0 radical (unpaired) electrons. The smallest absolute Gasteiger partial charge is 0.227 e. The number of anilines is 4. The number of likely N-dealkylation sites (tertiary alicyclic amines) is 1. The molecule has 2 saturated heterocycles. The van der Waals surface area contributed by atoms with Gasteiger partial charge in [0.05, 0.1) is 18.7 Å². The third kappa shape index (κ3) is 5.65. The van der Waals surface area contributed by atoms with Gasteiger partial charge in [-0.05, 0) is 56.3 Å². The van der Waals surface area contributed by atoms with Crippen molar-refractivity contribution in [3.63, 3.8) is 0 Å². The normalized spacial score (nSPS) is 16.3. The number of hydrogen-bond acceptors (Lipinski definition) is 8. The minimum atomic E-state index is 0.576. The van der Waals surface area contributed by atoms with Gasteiger partial charge in [-0.2, -0.15) is 0 Å². The fourth-order valence-electron chi connectivity index (χ4n) is 5.09. The standard InChI is InChI=1S/C29H33N7O/c1-2-13-35(12-1)14-11-30-27-10-9-22(20-31-27)26-8-3-5-23-21-32-29(34-28(23)26)33-24-6-4-7-25(19-24)36-15-17-37-18-16-36/h3-10,19-21H,1-2,11-18H2,(H,30,31)(H,32,33,34). The summed E-state index contributed by atoms with van der Waals surface area (Å²) in [5.74, 6) is 1.48. The molecule has 0 spiro atoms. The first-order valence-electron chi connectivity index (χ1n) is 13.2. The lowest BCUT2D eigenvalue weighted by molar-refractivity contribution is 0.122. The van der Waals surface area contributed by atoms with Gasteiger partial charge in [0, 0.05) is 66.5 Å². The highest BCUT2D eigenvalue weighted by Crippen LogP contribution is 2.29. The first-order chi connectivity index (χ1) is 18.3. The minimum absolute atomic E-state index is 0.576. The molecule has 2 aromatic carbocycles. The number of morpholine rings is 1. The highest BCUT2D eigenvalue weighted by atomic mass is 16.5. The average molecular weight is 496 g/mol. The van der Waals surface area contributed by atoms with Crippen LogP contribution in [0.5, 0.6) is 0 Å². The lowest BCUT2D eigenvalue weighted by Gasteiger charge is -2.29. The van der Waals surface area contributed by atoms with Crippen LogP contribution >= 0.6 is 0 Å². The van der Waals surface area contributed by atoms with Crippen LogP contribution in [0.4, 0.5) is 23.1 Å². The van der Waals surface area contributed by atoms with E-state index in [4.69, 9.17) is 9.72 Å². The Morgan fingerprint density at radius 3 is 2.57 bits per heavy atom. The highest BCUT2D eigenvalue weighted by molar-refractivity contribution is 5.93. The van der Waals surface area contributed by atoms with Crippen LogP contribution in [-0.2, 0) is 4.74 Å². The number of nitrogens with zero attached hydrogens (tertiary/aromatic N) is 5. The molecule has 37 heavy (non-hydrogen) atoms. The van der Waals surface area contributed by atoms with Crippen LogP contribution in [0.15, 0.2) is 67.0 Å². The Bertz CT molecular complexity index is 1330. The molecular weight excluding hydrogens is 462 g/mol. The van der Waals surface area contributed by atoms with Crippen molar-refractivity contribution >= 4 is 34.0 Å². The predicted molar refractivity (Wildman–Crippen MR) is 150 cm³/mol. The molecule has 0 unspecified atom stereocenters. The van der Waals surface area contributed by atoms with Crippen LogP contribution in [0, 0.1) is 0 Å². The summed E-state index contributed by atoms with van der Waals surface area (Å²) in [6.45, 7) is 7.74. The lowest BCUT2D eigenvalue weighted by atomic mass is 10.0. The van der Waals surface area contributed by atoms with Crippen molar-refractivity contribution in [2.75, 3.05) is 68.0 Å². The van der Waals surface area contributed by atoms with E-state index < -0.39 is 0 Å². The molecule has 2 aliphatic heterocycles. The number of nitrogens with one attached hydrogen (secondary N) is 2. The van der Waals surface area contributed by atoms with Gasteiger partial charge < -0.3 is 25.2 Å². The van der Waals surface area contributed by atoms with Crippen molar-refractivity contribution in [3.05, 3.63) is 67.0 Å². The van der Waals surface area contributed by atoms with E-state index in [1.54, 1.807) is 0 Å². The van der Waals surface area contributed by atoms with E-state index in [2.05, 4.69) is 66.8 Å². The first-order valence-corrected chi connectivity index (χ1v) is 13.2. The topological polar surface area (TPSA) is 78.4 Å². The second kappa shape index (κ2) is 11.1. The Labute approximate surface area is 217 Å². The fraction of sp³-hybridized carbons (Fsp3) is 0.345. The van der Waals surface area contributed by atoms with Gasteiger partial charge in [-0.3, -0.25) is 0 Å². The molecule has 0 bridgehead atoms. The zero-order valence-corrected chi connectivity index (χ0v) is 21.1. The van der Waals surface area contributed by atoms with Crippen LogP contribution in [-0.4, -0.2) is 72.3 Å². The summed E-state index contributed by atoms with van der Waals surface area (Å²) in [7, 11) is 0. The first kappa shape index (κ1) is 23.6. The Balaban J connectivity index is 1.18. The molecule has 0 saturated carbocycles. The second-order valence-electron chi connectivity index (χ2n) is 9.62. The fourth-order valence-corrected chi connectivity index (χ4v) is 5.09. The summed E-state index contributed by atoms with van der Waals surface area (Å²) in [5, 5.41) is 7.85. The van der Waals surface area contributed by atoms with Crippen molar-refractivity contribution in [1.82, 2.24) is 19.9 Å². The molecule has 8 heteroatoms. The predicted octanol–water partition coefficient (Wildman–Crippen LogP) is 4.78. The lowest BCUT2D eigenvalue weighted by Crippen LogP contribution is -2.36. The molecule has 4 aromatic rings. The summed E-state index contributed by atoms with van der Waals surface area (Å²) in [4.78, 5) is 19.0. The Kier molecular flexibility index (Phi) is 7.10. The quantitative estimate of drug-likeness (QED) is 0.362. The number of benzene rings is 2. The molecule has 8 nitrogen and oxygen atoms in total. The number of pyridine rings is 1. The molecule has 2 fully saturated rings. The van der Waals surface area contributed by atoms with Crippen LogP contribution in [0.25, 0.3) is 22.0 Å². The maximum absolute atomic E-state index is 5.49. The SMILES string of the molecule is c1cc(Nc2ncc3cccc(-c4ccc(NCCN5CCCC5)nc4)c3n2)cc(N2CCOCC2)c1. The number of para-hydroxylation sites is 1. The van der Waals surface area contributed by atoms with Crippen LogP contribution in [0.3, 0.4) is 0 Å². The number of hydrogen-bond donors (Lipinski definition) is 2. The zero-order chi connectivity index (χ0) is 24.9. The van der Waals surface area contributed by atoms with Crippen LogP contribution in [0.1, 0.15) is 12.8 Å². The molecule has 0 atom stereocenters. The molecule has 190 valence electrons. The van der Waals surface area contributed by atoms with Gasteiger partial charge in [0.1, 0.15) is 5.82 Å². The van der Waals surface area contributed by atoms with Crippen molar-refractivity contribution < 1.29 is 4.74 Å².